The molecule has 8 heteroatoms. The van der Waals surface area contributed by atoms with E-state index in [1.807, 2.05) is 17.0 Å². The summed E-state index contributed by atoms with van der Waals surface area (Å²) in [6.45, 7) is 6.66. The summed E-state index contributed by atoms with van der Waals surface area (Å²) >= 11 is 0. The number of morpholine rings is 1. The first-order valence-corrected chi connectivity index (χ1v) is 11.4. The minimum atomic E-state index is -0.203. The van der Waals surface area contributed by atoms with Crippen molar-refractivity contribution in [2.45, 2.75) is 32.9 Å². The highest BCUT2D eigenvalue weighted by Gasteiger charge is 2.22. The number of aryl methyl sites for hydroxylation is 1. The lowest BCUT2D eigenvalue weighted by Crippen LogP contribution is -2.37. The number of rotatable bonds is 8. The average molecular weight is 568 g/mol. The molecule has 180 valence electrons. The summed E-state index contributed by atoms with van der Waals surface area (Å²) in [6, 6.07) is 11.7. The van der Waals surface area contributed by atoms with Crippen LogP contribution in [-0.2, 0) is 17.8 Å². The van der Waals surface area contributed by atoms with Crippen molar-refractivity contribution in [3.05, 3.63) is 58.9 Å². The van der Waals surface area contributed by atoms with E-state index in [0.717, 1.165) is 36.6 Å². The second-order valence-corrected chi connectivity index (χ2v) is 8.53. The lowest BCUT2D eigenvalue weighted by atomic mass is 10.1. The van der Waals surface area contributed by atoms with Crippen molar-refractivity contribution >= 4 is 35.6 Å². The van der Waals surface area contributed by atoms with Crippen LogP contribution >= 0.6 is 24.0 Å². The van der Waals surface area contributed by atoms with E-state index in [9.17, 15) is 4.39 Å². The zero-order valence-corrected chi connectivity index (χ0v) is 21.7. The predicted octanol–water partition coefficient (Wildman–Crippen LogP) is 4.24. The minimum absolute atomic E-state index is 0. The van der Waals surface area contributed by atoms with E-state index in [2.05, 4.69) is 40.7 Å². The van der Waals surface area contributed by atoms with E-state index in [-0.39, 0.29) is 29.8 Å². The Morgan fingerprint density at radius 2 is 1.88 bits per heavy atom. The van der Waals surface area contributed by atoms with E-state index in [4.69, 9.17) is 9.47 Å². The molecule has 0 spiro atoms. The Morgan fingerprint density at radius 3 is 2.58 bits per heavy atom. The van der Waals surface area contributed by atoms with Crippen molar-refractivity contribution in [3.63, 3.8) is 0 Å². The molecule has 6 nitrogen and oxygen atoms in total. The molecular weight excluding hydrogens is 534 g/mol. The molecule has 33 heavy (non-hydrogen) atoms. The van der Waals surface area contributed by atoms with Crippen LogP contribution in [0.25, 0.3) is 0 Å². The maximum atomic E-state index is 14.7. The normalized spacial score (nSPS) is 16.2. The van der Waals surface area contributed by atoms with Crippen molar-refractivity contribution in [3.8, 4) is 5.75 Å². The molecule has 0 bridgehead atoms. The second-order valence-electron chi connectivity index (χ2n) is 8.53. The minimum Gasteiger partial charge on any atom is -0.493 e. The molecule has 0 atom stereocenters. The van der Waals surface area contributed by atoms with E-state index < -0.39 is 0 Å². The topological polar surface area (TPSA) is 58.1 Å². The predicted molar refractivity (Wildman–Crippen MR) is 141 cm³/mol. The van der Waals surface area contributed by atoms with E-state index >= 15 is 0 Å². The van der Waals surface area contributed by atoms with Crippen molar-refractivity contribution in [1.82, 2.24) is 10.6 Å². The Hall–Kier alpha value is -2.07. The molecule has 1 saturated carbocycles. The Bertz CT molecular complexity index is 946. The maximum absolute atomic E-state index is 14.7. The summed E-state index contributed by atoms with van der Waals surface area (Å²) in [5.74, 6) is 2.10. The van der Waals surface area contributed by atoms with Crippen LogP contribution in [0.5, 0.6) is 5.75 Å². The molecule has 1 heterocycles. The summed E-state index contributed by atoms with van der Waals surface area (Å²) in [5.41, 5.74) is 3.79. The third kappa shape index (κ3) is 7.46. The largest absolute Gasteiger partial charge is 0.493 e. The van der Waals surface area contributed by atoms with Gasteiger partial charge in [0.15, 0.2) is 5.96 Å². The number of ether oxygens (including phenoxy) is 2. The maximum Gasteiger partial charge on any atom is 0.191 e. The molecule has 2 fully saturated rings. The molecule has 1 aliphatic heterocycles. The zero-order chi connectivity index (χ0) is 22.3. The first kappa shape index (κ1) is 25.6. The number of halogens is 2. The van der Waals surface area contributed by atoms with E-state index in [1.165, 1.54) is 18.4 Å². The third-order valence-electron chi connectivity index (χ3n) is 5.89. The molecule has 2 aromatic rings. The number of nitrogens with zero attached hydrogens (tertiary/aromatic N) is 2. The Kier molecular flexibility index (Phi) is 9.61. The van der Waals surface area contributed by atoms with Gasteiger partial charge in [-0.25, -0.2) is 4.39 Å². The van der Waals surface area contributed by atoms with Crippen LogP contribution in [0.15, 0.2) is 41.4 Å². The summed E-state index contributed by atoms with van der Waals surface area (Å²) < 4.78 is 26.1. The zero-order valence-electron chi connectivity index (χ0n) is 19.4. The smallest absolute Gasteiger partial charge is 0.191 e. The fraction of sp³-hybridized carbons (Fsp3) is 0.480. The van der Waals surface area contributed by atoms with Crippen LogP contribution in [0.2, 0.25) is 0 Å². The monoisotopic (exact) mass is 568 g/mol. The van der Waals surface area contributed by atoms with Gasteiger partial charge < -0.3 is 25.0 Å². The lowest BCUT2D eigenvalue weighted by Gasteiger charge is -2.29. The van der Waals surface area contributed by atoms with Gasteiger partial charge in [-0.15, -0.1) is 24.0 Å². The van der Waals surface area contributed by atoms with Crippen molar-refractivity contribution in [1.29, 1.82) is 0 Å². The number of benzene rings is 2. The quantitative estimate of drug-likeness (QED) is 0.284. The Labute approximate surface area is 213 Å². The van der Waals surface area contributed by atoms with Crippen molar-refractivity contribution < 1.29 is 13.9 Å². The summed E-state index contributed by atoms with van der Waals surface area (Å²) in [4.78, 5) is 6.33. The van der Waals surface area contributed by atoms with Crippen LogP contribution in [0.1, 0.15) is 29.5 Å². The van der Waals surface area contributed by atoms with Gasteiger partial charge in [-0.3, -0.25) is 4.99 Å². The third-order valence-corrected chi connectivity index (χ3v) is 5.89. The van der Waals surface area contributed by atoms with Gasteiger partial charge in [0.1, 0.15) is 11.6 Å². The highest BCUT2D eigenvalue weighted by Crippen LogP contribution is 2.30. The standard InChI is InChI=1S/C25H33FN4O2.HI/c1-18-3-7-21(24(13-18)32-17-19-4-5-19)16-29-25(27-2)28-15-20-6-8-23(22(26)14-20)30-9-11-31-12-10-30;/h3,6-8,13-14,19H,4-5,9-12,15-17H2,1-2H3,(H2,27,28,29);1H. The van der Waals surface area contributed by atoms with Crippen LogP contribution in [0.3, 0.4) is 0 Å². The molecule has 2 aromatic carbocycles. The highest BCUT2D eigenvalue weighted by atomic mass is 127. The van der Waals surface area contributed by atoms with Crippen molar-refractivity contribution in [2.24, 2.45) is 10.9 Å². The molecule has 2 aliphatic rings. The van der Waals surface area contributed by atoms with Gasteiger partial charge in [0.25, 0.3) is 0 Å². The van der Waals surface area contributed by atoms with Gasteiger partial charge >= 0.3 is 0 Å². The van der Waals surface area contributed by atoms with Gasteiger partial charge in [-0.1, -0.05) is 18.2 Å². The number of aliphatic imine (C=N–C) groups is 1. The molecule has 0 radical (unpaired) electrons. The number of hydrogen-bond acceptors (Lipinski definition) is 4. The fourth-order valence-electron chi connectivity index (χ4n) is 3.74. The Balaban J connectivity index is 0.00000306. The Morgan fingerprint density at radius 1 is 1.12 bits per heavy atom. The SMILES string of the molecule is CN=C(NCc1ccc(N2CCOCC2)c(F)c1)NCc1ccc(C)cc1OCC1CC1.I. The molecule has 0 amide bonds. The first-order chi connectivity index (χ1) is 15.6. The molecule has 2 N–H and O–H groups in total. The summed E-state index contributed by atoms with van der Waals surface area (Å²) in [6.07, 6.45) is 2.54. The summed E-state index contributed by atoms with van der Waals surface area (Å²) in [5, 5.41) is 6.61. The molecule has 4 rings (SSSR count). The first-order valence-electron chi connectivity index (χ1n) is 11.4. The van der Waals surface area contributed by atoms with Crippen molar-refractivity contribution in [2.75, 3.05) is 44.9 Å². The fourth-order valence-corrected chi connectivity index (χ4v) is 3.74. The van der Waals surface area contributed by atoms with Gasteiger partial charge in [-0.2, -0.15) is 0 Å². The highest BCUT2D eigenvalue weighted by molar-refractivity contribution is 14.0. The second kappa shape index (κ2) is 12.4. The number of anilines is 1. The lowest BCUT2D eigenvalue weighted by molar-refractivity contribution is 0.122. The van der Waals surface area contributed by atoms with Crippen LogP contribution in [0, 0.1) is 18.7 Å². The van der Waals surface area contributed by atoms with Gasteiger partial charge in [-0.05, 0) is 55.0 Å². The number of guanidine groups is 1. The van der Waals surface area contributed by atoms with Crippen LogP contribution in [0.4, 0.5) is 10.1 Å². The molecule has 0 unspecified atom stereocenters. The number of hydrogen-bond donors (Lipinski definition) is 2. The van der Waals surface area contributed by atoms with Gasteiger partial charge in [0.2, 0.25) is 0 Å². The van der Waals surface area contributed by atoms with Crippen LogP contribution in [-0.4, -0.2) is 45.9 Å². The van der Waals surface area contributed by atoms with Gasteiger partial charge in [0.05, 0.1) is 25.5 Å². The summed E-state index contributed by atoms with van der Waals surface area (Å²) in [7, 11) is 1.73. The number of nitrogens with one attached hydrogen (secondary N) is 2. The van der Waals surface area contributed by atoms with Crippen LogP contribution < -0.4 is 20.3 Å². The van der Waals surface area contributed by atoms with Gasteiger partial charge in [0, 0.05) is 38.8 Å². The average Bonchev–Trinajstić information content (AvgIpc) is 3.64. The molecule has 1 aliphatic carbocycles. The molecule has 1 saturated heterocycles. The molecular formula is C25H34FIN4O2. The molecule has 0 aromatic heterocycles. The van der Waals surface area contributed by atoms with E-state index in [1.54, 1.807) is 13.1 Å². The van der Waals surface area contributed by atoms with E-state index in [0.29, 0.717) is 43.9 Å².